The first-order valence-electron chi connectivity index (χ1n) is 7.21. The summed E-state index contributed by atoms with van der Waals surface area (Å²) >= 11 is 0. The summed E-state index contributed by atoms with van der Waals surface area (Å²) in [7, 11) is 0. The molecule has 0 atom stereocenters. The average molecular weight is 301 g/mol. The Kier molecular flexibility index (Phi) is 4.66. The quantitative estimate of drug-likeness (QED) is 0.871. The van der Waals surface area contributed by atoms with Crippen LogP contribution < -0.4 is 10.6 Å². The highest BCUT2D eigenvalue weighted by molar-refractivity contribution is 5.59. The smallest absolute Gasteiger partial charge is 0.398 e. The van der Waals surface area contributed by atoms with Gasteiger partial charge in [-0.15, -0.1) is 0 Å². The maximum absolute atomic E-state index is 12.9. The predicted molar refractivity (Wildman–Crippen MR) is 79.3 cm³/mol. The standard InChI is InChI=1S/C15H22F3N3/c1-11(2)10-20-5-7-21(8-6-20)12-3-4-14(19)13(9-12)15(16,17)18/h3-4,9,11H,5-8,10,19H2,1-2H3. The fourth-order valence-corrected chi connectivity index (χ4v) is 2.69. The maximum Gasteiger partial charge on any atom is 0.418 e. The second-order valence-corrected chi connectivity index (χ2v) is 5.95. The summed E-state index contributed by atoms with van der Waals surface area (Å²) in [6.45, 7) is 8.61. The molecule has 0 aromatic heterocycles. The Hall–Kier alpha value is -1.43. The first-order valence-corrected chi connectivity index (χ1v) is 7.21. The molecule has 0 radical (unpaired) electrons. The van der Waals surface area contributed by atoms with E-state index < -0.39 is 11.7 Å². The van der Waals surface area contributed by atoms with Crippen molar-refractivity contribution < 1.29 is 13.2 Å². The zero-order chi connectivity index (χ0) is 15.6. The fraction of sp³-hybridized carbons (Fsp3) is 0.600. The lowest BCUT2D eigenvalue weighted by atomic mass is 10.1. The van der Waals surface area contributed by atoms with Crippen LogP contribution in [-0.4, -0.2) is 37.6 Å². The number of alkyl halides is 3. The van der Waals surface area contributed by atoms with E-state index in [4.69, 9.17) is 5.73 Å². The molecule has 0 bridgehead atoms. The Balaban J connectivity index is 2.07. The highest BCUT2D eigenvalue weighted by Crippen LogP contribution is 2.36. The fourth-order valence-electron chi connectivity index (χ4n) is 2.69. The third-order valence-corrected chi connectivity index (χ3v) is 3.70. The van der Waals surface area contributed by atoms with E-state index in [1.807, 2.05) is 4.90 Å². The molecular formula is C15H22F3N3. The van der Waals surface area contributed by atoms with Crippen molar-refractivity contribution in [1.29, 1.82) is 0 Å². The summed E-state index contributed by atoms with van der Waals surface area (Å²) in [6, 6.07) is 4.18. The lowest BCUT2D eigenvalue weighted by molar-refractivity contribution is -0.136. The van der Waals surface area contributed by atoms with Crippen molar-refractivity contribution in [2.24, 2.45) is 5.92 Å². The van der Waals surface area contributed by atoms with Crippen LogP contribution in [0.4, 0.5) is 24.5 Å². The van der Waals surface area contributed by atoms with Gasteiger partial charge in [0.1, 0.15) is 0 Å². The minimum atomic E-state index is -4.40. The Morgan fingerprint density at radius 3 is 2.29 bits per heavy atom. The third kappa shape index (κ3) is 4.03. The molecule has 118 valence electrons. The summed E-state index contributed by atoms with van der Waals surface area (Å²) in [6.07, 6.45) is -4.40. The van der Waals surface area contributed by atoms with E-state index in [1.54, 1.807) is 6.07 Å². The van der Waals surface area contributed by atoms with Crippen molar-refractivity contribution in [2.75, 3.05) is 43.4 Å². The average Bonchev–Trinajstić information content (AvgIpc) is 2.38. The van der Waals surface area contributed by atoms with Gasteiger partial charge in [-0.05, 0) is 24.1 Å². The van der Waals surface area contributed by atoms with Crippen LogP contribution in [0.2, 0.25) is 0 Å². The van der Waals surface area contributed by atoms with Crippen LogP contribution in [0.5, 0.6) is 0 Å². The molecule has 6 heteroatoms. The number of nitrogens with two attached hydrogens (primary N) is 1. The van der Waals surface area contributed by atoms with E-state index in [0.717, 1.165) is 38.8 Å². The Morgan fingerprint density at radius 2 is 1.76 bits per heavy atom. The number of rotatable bonds is 3. The largest absolute Gasteiger partial charge is 0.418 e. The molecule has 1 aliphatic rings. The summed E-state index contributed by atoms with van der Waals surface area (Å²) in [5.74, 6) is 0.602. The second-order valence-electron chi connectivity index (χ2n) is 5.95. The number of benzene rings is 1. The molecule has 1 aromatic rings. The number of piperazine rings is 1. The van der Waals surface area contributed by atoms with E-state index in [1.165, 1.54) is 6.07 Å². The molecule has 1 heterocycles. The minimum Gasteiger partial charge on any atom is -0.398 e. The zero-order valence-electron chi connectivity index (χ0n) is 12.5. The molecule has 1 aliphatic heterocycles. The van der Waals surface area contributed by atoms with Crippen LogP contribution in [0.25, 0.3) is 0 Å². The van der Waals surface area contributed by atoms with Crippen LogP contribution >= 0.6 is 0 Å². The Bertz CT molecular complexity index is 478. The maximum atomic E-state index is 12.9. The summed E-state index contributed by atoms with van der Waals surface area (Å²) in [5, 5.41) is 0. The van der Waals surface area contributed by atoms with E-state index in [2.05, 4.69) is 18.7 Å². The lowest BCUT2D eigenvalue weighted by Crippen LogP contribution is -2.47. The SMILES string of the molecule is CC(C)CN1CCN(c2ccc(N)c(C(F)(F)F)c2)CC1. The van der Waals surface area contributed by atoms with Crippen molar-refractivity contribution >= 4 is 11.4 Å². The van der Waals surface area contributed by atoms with E-state index in [-0.39, 0.29) is 5.69 Å². The zero-order valence-corrected chi connectivity index (χ0v) is 12.5. The van der Waals surface area contributed by atoms with Crippen LogP contribution in [0.3, 0.4) is 0 Å². The molecule has 0 saturated carbocycles. The van der Waals surface area contributed by atoms with Gasteiger partial charge in [0.15, 0.2) is 0 Å². The van der Waals surface area contributed by atoms with Gasteiger partial charge in [0.25, 0.3) is 0 Å². The normalized spacial score (nSPS) is 17.5. The topological polar surface area (TPSA) is 32.5 Å². The summed E-state index contributed by atoms with van der Waals surface area (Å²) in [5.41, 5.74) is 5.07. The Morgan fingerprint density at radius 1 is 1.14 bits per heavy atom. The second kappa shape index (κ2) is 6.13. The van der Waals surface area contributed by atoms with Gasteiger partial charge >= 0.3 is 6.18 Å². The molecule has 1 fully saturated rings. The molecule has 2 rings (SSSR count). The van der Waals surface area contributed by atoms with Crippen molar-refractivity contribution in [3.05, 3.63) is 23.8 Å². The van der Waals surface area contributed by atoms with Gasteiger partial charge in [0.05, 0.1) is 5.56 Å². The molecular weight excluding hydrogens is 279 g/mol. The van der Waals surface area contributed by atoms with Gasteiger partial charge in [-0.25, -0.2) is 0 Å². The summed E-state index contributed by atoms with van der Waals surface area (Å²) in [4.78, 5) is 4.34. The van der Waals surface area contributed by atoms with E-state index in [0.29, 0.717) is 11.6 Å². The number of hydrogen-bond acceptors (Lipinski definition) is 3. The minimum absolute atomic E-state index is 0.218. The van der Waals surface area contributed by atoms with Crippen LogP contribution in [0, 0.1) is 5.92 Å². The van der Waals surface area contributed by atoms with Crippen molar-refractivity contribution in [3.63, 3.8) is 0 Å². The Labute approximate surface area is 123 Å². The number of anilines is 2. The van der Waals surface area contributed by atoms with Gasteiger partial charge in [-0.2, -0.15) is 13.2 Å². The predicted octanol–water partition coefficient (Wildman–Crippen LogP) is 3.07. The van der Waals surface area contributed by atoms with Gasteiger partial charge in [-0.3, -0.25) is 4.90 Å². The van der Waals surface area contributed by atoms with Crippen molar-refractivity contribution in [2.45, 2.75) is 20.0 Å². The first-order chi connectivity index (χ1) is 9.77. The molecule has 3 nitrogen and oxygen atoms in total. The van der Waals surface area contributed by atoms with Crippen LogP contribution in [0.1, 0.15) is 19.4 Å². The van der Waals surface area contributed by atoms with E-state index in [9.17, 15) is 13.2 Å². The van der Waals surface area contributed by atoms with Gasteiger partial charge in [0, 0.05) is 44.1 Å². The van der Waals surface area contributed by atoms with Gasteiger partial charge in [-0.1, -0.05) is 13.8 Å². The van der Waals surface area contributed by atoms with E-state index >= 15 is 0 Å². The highest BCUT2D eigenvalue weighted by Gasteiger charge is 2.33. The molecule has 1 saturated heterocycles. The molecule has 0 aliphatic carbocycles. The first kappa shape index (κ1) is 15.9. The van der Waals surface area contributed by atoms with Crippen molar-refractivity contribution in [1.82, 2.24) is 4.90 Å². The number of nitrogens with zero attached hydrogens (tertiary/aromatic N) is 2. The molecule has 0 unspecified atom stereocenters. The molecule has 0 spiro atoms. The highest BCUT2D eigenvalue weighted by atomic mass is 19.4. The number of halogens is 3. The molecule has 0 amide bonds. The van der Waals surface area contributed by atoms with Crippen LogP contribution in [-0.2, 0) is 6.18 Å². The van der Waals surface area contributed by atoms with Gasteiger partial charge < -0.3 is 10.6 Å². The molecule has 2 N–H and O–H groups in total. The summed E-state index contributed by atoms with van der Waals surface area (Å²) < 4.78 is 38.7. The molecule has 21 heavy (non-hydrogen) atoms. The van der Waals surface area contributed by atoms with Gasteiger partial charge in [0.2, 0.25) is 0 Å². The number of nitrogen functional groups attached to an aromatic ring is 1. The monoisotopic (exact) mass is 301 g/mol. The lowest BCUT2D eigenvalue weighted by Gasteiger charge is -2.37. The van der Waals surface area contributed by atoms with Crippen LogP contribution in [0.15, 0.2) is 18.2 Å². The number of hydrogen-bond donors (Lipinski definition) is 1. The third-order valence-electron chi connectivity index (χ3n) is 3.70. The molecule has 1 aromatic carbocycles. The van der Waals surface area contributed by atoms with Crippen molar-refractivity contribution in [3.8, 4) is 0 Å².